The van der Waals surface area contributed by atoms with Crippen LogP contribution in [0.4, 0.5) is 23.7 Å². The van der Waals surface area contributed by atoms with E-state index in [1.807, 2.05) is 0 Å². The molecule has 138 valence electrons. The minimum Gasteiger partial charge on any atom is -0.489 e. The fourth-order valence-corrected chi connectivity index (χ4v) is 1.88. The van der Waals surface area contributed by atoms with Gasteiger partial charge in [-0.25, -0.2) is 18.0 Å². The molecule has 0 aliphatic rings. The highest BCUT2D eigenvalue weighted by atomic mass is 19.1. The molecule has 0 fully saturated rings. The van der Waals surface area contributed by atoms with Gasteiger partial charge < -0.3 is 20.7 Å². The lowest BCUT2D eigenvalue weighted by Gasteiger charge is -2.10. The number of halogens is 3. The minimum atomic E-state index is -0.841. The Balaban J connectivity index is 1.62. The fraction of sp³-hybridized carbons (Fsp3) is 0.176. The normalized spacial score (nSPS) is 10.1. The standard InChI is InChI=1S/C17H16F3N3O3/c18-11-1-4-13(5-2-11)23-16(24)10-22-17(25)21-7-8-26-15-6-3-12(19)9-14(15)20/h1-6,9H,7-8,10H2,(H,23,24)(H2,21,22,25). The van der Waals surface area contributed by atoms with E-state index in [0.717, 1.165) is 12.1 Å². The maximum atomic E-state index is 13.3. The van der Waals surface area contributed by atoms with Crippen molar-refractivity contribution in [2.45, 2.75) is 0 Å². The molecule has 0 bridgehead atoms. The number of urea groups is 1. The topological polar surface area (TPSA) is 79.5 Å². The maximum absolute atomic E-state index is 13.3. The Hall–Kier alpha value is -3.23. The molecule has 26 heavy (non-hydrogen) atoms. The number of hydrogen-bond donors (Lipinski definition) is 3. The number of hydrogen-bond acceptors (Lipinski definition) is 3. The first-order chi connectivity index (χ1) is 12.4. The van der Waals surface area contributed by atoms with Crippen LogP contribution in [0.3, 0.4) is 0 Å². The molecule has 0 spiro atoms. The Morgan fingerprint density at radius 2 is 1.62 bits per heavy atom. The van der Waals surface area contributed by atoms with E-state index in [2.05, 4.69) is 16.0 Å². The third-order valence-electron chi connectivity index (χ3n) is 3.08. The van der Waals surface area contributed by atoms with Crippen molar-refractivity contribution in [3.8, 4) is 5.75 Å². The van der Waals surface area contributed by atoms with Crippen LogP contribution in [0.5, 0.6) is 5.75 Å². The first-order valence-electron chi connectivity index (χ1n) is 7.59. The van der Waals surface area contributed by atoms with Crippen LogP contribution in [0, 0.1) is 17.5 Å². The number of benzene rings is 2. The van der Waals surface area contributed by atoms with Crippen molar-refractivity contribution in [2.24, 2.45) is 0 Å². The van der Waals surface area contributed by atoms with Gasteiger partial charge in [0, 0.05) is 11.8 Å². The molecular formula is C17H16F3N3O3. The van der Waals surface area contributed by atoms with E-state index in [4.69, 9.17) is 4.74 Å². The molecule has 0 atom stereocenters. The third kappa shape index (κ3) is 6.34. The maximum Gasteiger partial charge on any atom is 0.315 e. The number of amides is 3. The summed E-state index contributed by atoms with van der Waals surface area (Å²) >= 11 is 0. The van der Waals surface area contributed by atoms with Crippen molar-refractivity contribution in [3.63, 3.8) is 0 Å². The molecule has 3 N–H and O–H groups in total. The van der Waals surface area contributed by atoms with E-state index < -0.39 is 29.4 Å². The Labute approximate surface area is 147 Å². The van der Waals surface area contributed by atoms with Crippen LogP contribution in [0.1, 0.15) is 0 Å². The second-order valence-electron chi connectivity index (χ2n) is 5.09. The molecule has 0 saturated heterocycles. The van der Waals surface area contributed by atoms with Crippen LogP contribution in [-0.2, 0) is 4.79 Å². The summed E-state index contributed by atoms with van der Waals surface area (Å²) in [6, 6.07) is 7.43. The van der Waals surface area contributed by atoms with Gasteiger partial charge in [-0.2, -0.15) is 0 Å². The zero-order chi connectivity index (χ0) is 18.9. The first-order valence-corrected chi connectivity index (χ1v) is 7.59. The number of carbonyl (C=O) groups excluding carboxylic acids is 2. The van der Waals surface area contributed by atoms with Gasteiger partial charge in [0.25, 0.3) is 0 Å². The molecule has 6 nitrogen and oxygen atoms in total. The quantitative estimate of drug-likeness (QED) is 0.658. The molecule has 2 aromatic carbocycles. The second kappa shape index (κ2) is 9.30. The van der Waals surface area contributed by atoms with E-state index >= 15 is 0 Å². The summed E-state index contributed by atoms with van der Waals surface area (Å²) in [5, 5.41) is 7.20. The van der Waals surface area contributed by atoms with Crippen LogP contribution in [0.2, 0.25) is 0 Å². The summed E-state index contributed by atoms with van der Waals surface area (Å²) in [6.07, 6.45) is 0. The Morgan fingerprint density at radius 3 is 2.31 bits per heavy atom. The van der Waals surface area contributed by atoms with Gasteiger partial charge in [0.1, 0.15) is 18.2 Å². The monoisotopic (exact) mass is 367 g/mol. The average molecular weight is 367 g/mol. The Kier molecular flexibility index (Phi) is 6.84. The number of ether oxygens (including phenoxy) is 1. The second-order valence-corrected chi connectivity index (χ2v) is 5.09. The smallest absolute Gasteiger partial charge is 0.315 e. The highest BCUT2D eigenvalue weighted by Crippen LogP contribution is 2.17. The summed E-state index contributed by atoms with van der Waals surface area (Å²) in [7, 11) is 0. The SMILES string of the molecule is O=C(CNC(=O)NCCOc1ccc(F)cc1F)Nc1ccc(F)cc1. The van der Waals surface area contributed by atoms with Crippen molar-refractivity contribution in [3.05, 3.63) is 59.9 Å². The van der Waals surface area contributed by atoms with Crippen molar-refractivity contribution in [2.75, 3.05) is 25.0 Å². The molecule has 0 aliphatic carbocycles. The van der Waals surface area contributed by atoms with Gasteiger partial charge in [-0.15, -0.1) is 0 Å². The summed E-state index contributed by atoms with van der Waals surface area (Å²) < 4.78 is 43.9. The van der Waals surface area contributed by atoms with Gasteiger partial charge in [0.2, 0.25) is 5.91 Å². The lowest BCUT2D eigenvalue weighted by molar-refractivity contribution is -0.115. The largest absolute Gasteiger partial charge is 0.489 e. The summed E-state index contributed by atoms with van der Waals surface area (Å²) in [6.45, 7) is -0.295. The summed E-state index contributed by atoms with van der Waals surface area (Å²) in [5.74, 6) is -2.61. The molecule has 0 heterocycles. The van der Waals surface area contributed by atoms with Crippen LogP contribution < -0.4 is 20.7 Å². The highest BCUT2D eigenvalue weighted by Gasteiger charge is 2.07. The van der Waals surface area contributed by atoms with E-state index in [9.17, 15) is 22.8 Å². The highest BCUT2D eigenvalue weighted by molar-refractivity contribution is 5.94. The molecule has 2 aromatic rings. The predicted molar refractivity (Wildman–Crippen MR) is 88.3 cm³/mol. The summed E-state index contributed by atoms with van der Waals surface area (Å²) in [5.41, 5.74) is 0.397. The molecule has 9 heteroatoms. The van der Waals surface area contributed by atoms with Gasteiger partial charge in [-0.05, 0) is 36.4 Å². The number of anilines is 1. The molecule has 0 unspecified atom stereocenters. The molecule has 3 amide bonds. The fourth-order valence-electron chi connectivity index (χ4n) is 1.88. The third-order valence-corrected chi connectivity index (χ3v) is 3.08. The molecule has 0 saturated carbocycles. The van der Waals surface area contributed by atoms with E-state index in [1.54, 1.807) is 0 Å². The van der Waals surface area contributed by atoms with Crippen molar-refractivity contribution >= 4 is 17.6 Å². The lowest BCUT2D eigenvalue weighted by Crippen LogP contribution is -2.41. The molecule has 0 aromatic heterocycles. The lowest BCUT2D eigenvalue weighted by atomic mass is 10.3. The zero-order valence-corrected chi connectivity index (χ0v) is 13.5. The average Bonchev–Trinajstić information content (AvgIpc) is 2.60. The van der Waals surface area contributed by atoms with Gasteiger partial charge in [0.15, 0.2) is 11.6 Å². The van der Waals surface area contributed by atoms with Crippen LogP contribution in [0.15, 0.2) is 42.5 Å². The van der Waals surface area contributed by atoms with Gasteiger partial charge in [-0.1, -0.05) is 0 Å². The van der Waals surface area contributed by atoms with Gasteiger partial charge in [-0.3, -0.25) is 4.79 Å². The Bertz CT molecular complexity index is 770. The number of rotatable bonds is 7. The van der Waals surface area contributed by atoms with E-state index in [1.165, 1.54) is 24.3 Å². The van der Waals surface area contributed by atoms with E-state index in [-0.39, 0.29) is 25.4 Å². The summed E-state index contributed by atoms with van der Waals surface area (Å²) in [4.78, 5) is 23.2. The number of carbonyl (C=O) groups is 2. The number of nitrogens with one attached hydrogen (secondary N) is 3. The molecule has 2 rings (SSSR count). The van der Waals surface area contributed by atoms with E-state index in [0.29, 0.717) is 11.8 Å². The zero-order valence-electron chi connectivity index (χ0n) is 13.5. The first kappa shape index (κ1) is 19.1. The minimum absolute atomic E-state index is 0.0439. The van der Waals surface area contributed by atoms with Crippen LogP contribution >= 0.6 is 0 Å². The van der Waals surface area contributed by atoms with Gasteiger partial charge in [0.05, 0.1) is 13.1 Å². The van der Waals surface area contributed by atoms with Crippen molar-refractivity contribution in [1.82, 2.24) is 10.6 Å². The van der Waals surface area contributed by atoms with Crippen molar-refractivity contribution in [1.29, 1.82) is 0 Å². The van der Waals surface area contributed by atoms with Crippen LogP contribution in [0.25, 0.3) is 0 Å². The molecule has 0 radical (unpaired) electrons. The Morgan fingerprint density at radius 1 is 0.923 bits per heavy atom. The van der Waals surface area contributed by atoms with Crippen molar-refractivity contribution < 1.29 is 27.5 Å². The predicted octanol–water partition coefficient (Wildman–Crippen LogP) is 2.42. The van der Waals surface area contributed by atoms with Gasteiger partial charge >= 0.3 is 6.03 Å². The molecule has 0 aliphatic heterocycles. The van der Waals surface area contributed by atoms with Crippen LogP contribution in [-0.4, -0.2) is 31.6 Å². The molecular weight excluding hydrogens is 351 g/mol.